The maximum absolute atomic E-state index is 11.0. The highest BCUT2D eigenvalue weighted by atomic mass is 35.5. The summed E-state index contributed by atoms with van der Waals surface area (Å²) in [7, 11) is 0. The molecule has 3 aromatic rings. The van der Waals surface area contributed by atoms with Crippen LogP contribution in [0, 0.1) is 10.1 Å². The summed E-state index contributed by atoms with van der Waals surface area (Å²) in [6, 6.07) is 11.6. The molecule has 1 heterocycles. The van der Waals surface area contributed by atoms with Gasteiger partial charge in [0, 0.05) is 22.0 Å². The fourth-order valence-electron chi connectivity index (χ4n) is 2.22. The minimum absolute atomic E-state index is 0.0351. The van der Waals surface area contributed by atoms with Crippen LogP contribution in [0.1, 0.15) is 5.56 Å². The highest BCUT2D eigenvalue weighted by Crippen LogP contribution is 2.34. The summed E-state index contributed by atoms with van der Waals surface area (Å²) in [6.07, 6.45) is 0. The van der Waals surface area contributed by atoms with Crippen molar-refractivity contribution >= 4 is 51.4 Å². The van der Waals surface area contributed by atoms with Crippen molar-refractivity contribution in [3.8, 4) is 5.75 Å². The van der Waals surface area contributed by atoms with Gasteiger partial charge >= 0.3 is 0 Å². The molecule has 0 bridgehead atoms. The summed E-state index contributed by atoms with van der Waals surface area (Å²) in [4.78, 5) is 14.7. The van der Waals surface area contributed by atoms with Crippen LogP contribution in [0.2, 0.25) is 15.2 Å². The number of rotatable bonds is 4. The molecule has 0 spiro atoms. The van der Waals surface area contributed by atoms with Gasteiger partial charge in [0.15, 0.2) is 0 Å². The van der Waals surface area contributed by atoms with Gasteiger partial charge in [0.05, 0.1) is 4.92 Å². The topological polar surface area (TPSA) is 65.3 Å². The van der Waals surface area contributed by atoms with Crippen molar-refractivity contribution in [2.75, 3.05) is 0 Å². The Bertz CT molecular complexity index is 947. The van der Waals surface area contributed by atoms with Crippen molar-refractivity contribution in [3.05, 3.63) is 73.3 Å². The number of hydrogen-bond acceptors (Lipinski definition) is 4. The predicted molar refractivity (Wildman–Crippen MR) is 94.2 cm³/mol. The van der Waals surface area contributed by atoms with Gasteiger partial charge in [-0.05, 0) is 24.3 Å². The number of fused-ring (bicyclic) bond motifs is 1. The molecule has 0 atom stereocenters. The fraction of sp³-hybridized carbons (Fsp3) is 0.0625. The summed E-state index contributed by atoms with van der Waals surface area (Å²) in [5.74, 6) is 0.480. The van der Waals surface area contributed by atoms with E-state index in [4.69, 9.17) is 39.5 Å². The Kier molecular flexibility index (Phi) is 4.76. The lowest BCUT2D eigenvalue weighted by atomic mass is 10.2. The van der Waals surface area contributed by atoms with Crippen molar-refractivity contribution in [2.24, 2.45) is 0 Å². The smallest absolute Gasteiger partial charge is 0.288 e. The Hall–Kier alpha value is -2.08. The van der Waals surface area contributed by atoms with Crippen LogP contribution in [0.15, 0.2) is 42.5 Å². The van der Waals surface area contributed by atoms with Crippen LogP contribution >= 0.6 is 34.8 Å². The van der Waals surface area contributed by atoms with Crippen molar-refractivity contribution < 1.29 is 9.66 Å². The normalized spacial score (nSPS) is 10.8. The van der Waals surface area contributed by atoms with E-state index in [0.717, 1.165) is 5.39 Å². The number of hydrogen-bond donors (Lipinski definition) is 0. The highest BCUT2D eigenvalue weighted by molar-refractivity contribution is 6.37. The molecule has 1 aromatic heterocycles. The van der Waals surface area contributed by atoms with Crippen LogP contribution in [0.5, 0.6) is 5.75 Å². The van der Waals surface area contributed by atoms with Crippen molar-refractivity contribution in [1.29, 1.82) is 0 Å². The first kappa shape index (κ1) is 16.8. The number of para-hydroxylation sites is 1. The van der Waals surface area contributed by atoms with Crippen molar-refractivity contribution in [2.45, 2.75) is 6.61 Å². The Morgan fingerprint density at radius 2 is 1.88 bits per heavy atom. The third-order valence-electron chi connectivity index (χ3n) is 3.38. The Morgan fingerprint density at radius 3 is 2.62 bits per heavy atom. The number of pyridine rings is 1. The molecule has 5 nitrogen and oxygen atoms in total. The summed E-state index contributed by atoms with van der Waals surface area (Å²) in [5, 5.41) is 12.4. The standard InChI is InChI=1S/C16H9Cl3N2O3/c17-11-5-6-12(21(22)23)15(19)10(11)8-24-13-3-1-2-9-4-7-14(18)20-16(9)13/h1-7H,8H2. The van der Waals surface area contributed by atoms with Gasteiger partial charge in [0.25, 0.3) is 5.69 Å². The van der Waals surface area contributed by atoms with E-state index >= 15 is 0 Å². The van der Waals surface area contributed by atoms with Gasteiger partial charge in [-0.15, -0.1) is 0 Å². The van der Waals surface area contributed by atoms with Gasteiger partial charge < -0.3 is 4.74 Å². The van der Waals surface area contributed by atoms with Crippen LogP contribution < -0.4 is 4.74 Å². The Balaban J connectivity index is 1.96. The Labute approximate surface area is 151 Å². The molecule has 0 saturated heterocycles. The summed E-state index contributed by atoms with van der Waals surface area (Å²) in [5.41, 5.74) is 0.702. The first-order valence-electron chi connectivity index (χ1n) is 6.76. The number of ether oxygens (including phenoxy) is 1. The predicted octanol–water partition coefficient (Wildman–Crippen LogP) is 5.68. The molecule has 2 aromatic carbocycles. The number of nitro groups is 1. The number of nitro benzene ring substituents is 1. The van der Waals surface area contributed by atoms with Gasteiger partial charge in [-0.25, -0.2) is 4.98 Å². The molecule has 0 aliphatic rings. The zero-order valence-corrected chi connectivity index (χ0v) is 14.3. The second-order valence-corrected chi connectivity index (χ2v) is 6.04. The minimum atomic E-state index is -0.568. The molecular weight excluding hydrogens is 375 g/mol. The van der Waals surface area contributed by atoms with E-state index in [2.05, 4.69) is 4.98 Å². The van der Waals surface area contributed by atoms with Gasteiger partial charge in [0.1, 0.15) is 28.0 Å². The second kappa shape index (κ2) is 6.81. The first-order chi connectivity index (χ1) is 11.5. The third kappa shape index (κ3) is 3.24. The van der Waals surface area contributed by atoms with Gasteiger partial charge in [-0.2, -0.15) is 0 Å². The lowest BCUT2D eigenvalue weighted by Gasteiger charge is -2.11. The van der Waals surface area contributed by atoms with Crippen molar-refractivity contribution in [1.82, 2.24) is 4.98 Å². The SMILES string of the molecule is O=[N+]([O-])c1ccc(Cl)c(COc2cccc3ccc(Cl)nc23)c1Cl. The van der Waals surface area contributed by atoms with E-state index < -0.39 is 4.92 Å². The summed E-state index contributed by atoms with van der Waals surface area (Å²) < 4.78 is 5.74. The number of halogens is 3. The van der Waals surface area contributed by atoms with Gasteiger partial charge in [0.2, 0.25) is 0 Å². The molecule has 0 aliphatic heterocycles. The van der Waals surface area contributed by atoms with Crippen LogP contribution in [0.25, 0.3) is 10.9 Å². The molecule has 0 unspecified atom stereocenters. The lowest BCUT2D eigenvalue weighted by molar-refractivity contribution is -0.384. The number of aromatic nitrogens is 1. The largest absolute Gasteiger partial charge is 0.487 e. The van der Waals surface area contributed by atoms with E-state index in [-0.39, 0.29) is 22.3 Å². The maximum Gasteiger partial charge on any atom is 0.288 e. The van der Waals surface area contributed by atoms with Crippen LogP contribution in [0.3, 0.4) is 0 Å². The zero-order valence-electron chi connectivity index (χ0n) is 12.0. The van der Waals surface area contributed by atoms with Gasteiger partial charge in [-0.1, -0.05) is 46.9 Å². The molecule has 0 fully saturated rings. The fourth-order valence-corrected chi connectivity index (χ4v) is 2.92. The minimum Gasteiger partial charge on any atom is -0.487 e. The number of nitrogens with zero attached hydrogens (tertiary/aromatic N) is 2. The average Bonchev–Trinajstić information content (AvgIpc) is 2.54. The second-order valence-electron chi connectivity index (χ2n) is 4.87. The molecule has 0 aliphatic carbocycles. The van der Waals surface area contributed by atoms with E-state index in [1.165, 1.54) is 12.1 Å². The van der Waals surface area contributed by atoms with E-state index in [1.54, 1.807) is 12.1 Å². The monoisotopic (exact) mass is 382 g/mol. The van der Waals surface area contributed by atoms with E-state index in [9.17, 15) is 10.1 Å². The van der Waals surface area contributed by atoms with Crippen LogP contribution in [-0.4, -0.2) is 9.91 Å². The first-order valence-corrected chi connectivity index (χ1v) is 7.90. The molecule has 0 radical (unpaired) electrons. The molecular formula is C16H9Cl3N2O3. The molecule has 0 N–H and O–H groups in total. The summed E-state index contributed by atoms with van der Waals surface area (Å²) in [6.45, 7) is -0.0351. The molecule has 0 saturated carbocycles. The Morgan fingerprint density at radius 1 is 1.08 bits per heavy atom. The molecule has 8 heteroatoms. The molecule has 122 valence electrons. The van der Waals surface area contributed by atoms with Crippen LogP contribution in [0.4, 0.5) is 5.69 Å². The number of benzene rings is 2. The quantitative estimate of drug-likeness (QED) is 0.330. The van der Waals surface area contributed by atoms with E-state index in [0.29, 0.717) is 22.0 Å². The molecule has 3 rings (SSSR count). The lowest BCUT2D eigenvalue weighted by Crippen LogP contribution is -2.01. The summed E-state index contributed by atoms with van der Waals surface area (Å²) >= 11 is 18.1. The highest BCUT2D eigenvalue weighted by Gasteiger charge is 2.19. The van der Waals surface area contributed by atoms with E-state index in [1.807, 2.05) is 18.2 Å². The molecule has 0 amide bonds. The maximum atomic E-state index is 11.0. The zero-order chi connectivity index (χ0) is 17.3. The van der Waals surface area contributed by atoms with Crippen molar-refractivity contribution in [3.63, 3.8) is 0 Å². The third-order valence-corrected chi connectivity index (χ3v) is 4.37. The van der Waals surface area contributed by atoms with Crippen LogP contribution in [-0.2, 0) is 6.61 Å². The molecule has 24 heavy (non-hydrogen) atoms. The average molecular weight is 384 g/mol. The van der Waals surface area contributed by atoms with Gasteiger partial charge in [-0.3, -0.25) is 10.1 Å².